The van der Waals surface area contributed by atoms with Gasteiger partial charge in [-0.25, -0.2) is 4.98 Å². The summed E-state index contributed by atoms with van der Waals surface area (Å²) in [5.74, 6) is 0.935. The molecule has 1 aliphatic heterocycles. The minimum atomic E-state index is 0.220. The summed E-state index contributed by atoms with van der Waals surface area (Å²) < 4.78 is 12.5. The van der Waals surface area contributed by atoms with Crippen LogP contribution in [0.15, 0.2) is 22.8 Å². The fourth-order valence-electron chi connectivity index (χ4n) is 3.47. The summed E-state index contributed by atoms with van der Waals surface area (Å²) in [6.07, 6.45) is 5.39. The van der Waals surface area contributed by atoms with Gasteiger partial charge < -0.3 is 14.8 Å². The molecule has 2 fully saturated rings. The fourth-order valence-corrected chi connectivity index (χ4v) is 3.80. The SMILES string of the molecule is CCO[C@@H]1C[C@H](Nc2cc(Br)ccn2)C12CCOCC2. The third kappa shape index (κ3) is 2.59. The van der Waals surface area contributed by atoms with Crippen molar-refractivity contribution in [3.05, 3.63) is 22.8 Å². The molecule has 1 saturated carbocycles. The Balaban J connectivity index is 1.73. The average Bonchev–Trinajstić information content (AvgIpc) is 2.47. The quantitative estimate of drug-likeness (QED) is 0.913. The van der Waals surface area contributed by atoms with E-state index in [1.54, 1.807) is 0 Å². The Labute approximate surface area is 128 Å². The number of hydrogen-bond donors (Lipinski definition) is 1. The zero-order chi connectivity index (χ0) is 14.0. The number of nitrogens with one attached hydrogen (secondary N) is 1. The molecule has 4 nitrogen and oxygen atoms in total. The maximum Gasteiger partial charge on any atom is 0.127 e. The van der Waals surface area contributed by atoms with Crippen molar-refractivity contribution >= 4 is 21.7 Å². The van der Waals surface area contributed by atoms with Gasteiger partial charge in [0, 0.05) is 41.9 Å². The maximum absolute atomic E-state index is 5.94. The first kappa shape index (κ1) is 14.3. The third-order valence-electron chi connectivity index (χ3n) is 4.62. The first-order valence-corrected chi connectivity index (χ1v) is 8.11. The molecule has 0 radical (unpaired) electrons. The Morgan fingerprint density at radius 3 is 3.00 bits per heavy atom. The lowest BCUT2D eigenvalue weighted by Gasteiger charge is -2.57. The van der Waals surface area contributed by atoms with Crippen molar-refractivity contribution in [2.24, 2.45) is 5.41 Å². The standard InChI is InChI=1S/C15H21BrN2O2/c1-2-20-13-10-12(15(13)4-7-19-8-5-15)18-14-9-11(16)3-6-17-14/h3,6,9,12-13H,2,4-5,7-8,10H2,1H3,(H,17,18)/t12-,13+/m0/s1. The minimum absolute atomic E-state index is 0.220. The molecule has 0 aromatic carbocycles. The van der Waals surface area contributed by atoms with Gasteiger partial charge in [-0.05, 0) is 38.3 Å². The normalized spacial score (nSPS) is 28.1. The van der Waals surface area contributed by atoms with Crippen LogP contribution < -0.4 is 5.32 Å². The number of pyridine rings is 1. The molecule has 2 aliphatic rings. The molecule has 0 unspecified atom stereocenters. The van der Waals surface area contributed by atoms with Crippen molar-refractivity contribution in [1.29, 1.82) is 0 Å². The van der Waals surface area contributed by atoms with Crippen LogP contribution in [0, 0.1) is 5.41 Å². The summed E-state index contributed by atoms with van der Waals surface area (Å²) in [5, 5.41) is 3.59. The number of aromatic nitrogens is 1. The molecule has 1 saturated heterocycles. The van der Waals surface area contributed by atoms with Crippen molar-refractivity contribution in [1.82, 2.24) is 4.98 Å². The summed E-state index contributed by atoms with van der Waals surface area (Å²) in [6, 6.07) is 4.41. The van der Waals surface area contributed by atoms with Crippen LogP contribution in [0.3, 0.4) is 0 Å². The van der Waals surface area contributed by atoms with Crippen LogP contribution >= 0.6 is 15.9 Å². The molecule has 110 valence electrons. The van der Waals surface area contributed by atoms with Crippen molar-refractivity contribution < 1.29 is 9.47 Å². The number of halogens is 1. The molecule has 2 atom stereocenters. The molecule has 0 bridgehead atoms. The van der Waals surface area contributed by atoms with E-state index in [0.29, 0.717) is 12.1 Å². The lowest BCUT2D eigenvalue weighted by molar-refractivity contribution is -0.159. The summed E-state index contributed by atoms with van der Waals surface area (Å²) in [6.45, 7) is 4.54. The van der Waals surface area contributed by atoms with Crippen molar-refractivity contribution in [3.63, 3.8) is 0 Å². The summed E-state index contributed by atoms with van der Waals surface area (Å²) in [7, 11) is 0. The predicted octanol–water partition coefficient (Wildman–Crippen LogP) is 3.23. The van der Waals surface area contributed by atoms with Gasteiger partial charge in [-0.3, -0.25) is 0 Å². The zero-order valence-electron chi connectivity index (χ0n) is 11.8. The Hall–Kier alpha value is -0.650. The van der Waals surface area contributed by atoms with Crippen LogP contribution in [0.25, 0.3) is 0 Å². The van der Waals surface area contributed by atoms with E-state index in [4.69, 9.17) is 9.47 Å². The van der Waals surface area contributed by atoms with Gasteiger partial charge in [0.15, 0.2) is 0 Å². The highest BCUT2D eigenvalue weighted by Crippen LogP contribution is 2.51. The smallest absolute Gasteiger partial charge is 0.127 e. The lowest BCUT2D eigenvalue weighted by Crippen LogP contribution is -2.63. The molecule has 1 N–H and O–H groups in total. The van der Waals surface area contributed by atoms with Gasteiger partial charge in [-0.15, -0.1) is 0 Å². The number of anilines is 1. The Morgan fingerprint density at radius 1 is 1.50 bits per heavy atom. The van der Waals surface area contributed by atoms with Gasteiger partial charge in [0.2, 0.25) is 0 Å². The van der Waals surface area contributed by atoms with Gasteiger partial charge in [0.05, 0.1) is 6.10 Å². The third-order valence-corrected chi connectivity index (χ3v) is 5.11. The van der Waals surface area contributed by atoms with Gasteiger partial charge in [0.1, 0.15) is 5.82 Å². The van der Waals surface area contributed by atoms with Crippen LogP contribution in [0.4, 0.5) is 5.82 Å². The molecule has 0 amide bonds. The highest BCUT2D eigenvalue weighted by atomic mass is 79.9. The second kappa shape index (κ2) is 6.00. The molecule has 1 aromatic heterocycles. The van der Waals surface area contributed by atoms with E-state index >= 15 is 0 Å². The van der Waals surface area contributed by atoms with E-state index in [0.717, 1.165) is 49.4 Å². The van der Waals surface area contributed by atoms with Gasteiger partial charge in [0.25, 0.3) is 0 Å². The van der Waals surface area contributed by atoms with E-state index in [2.05, 4.69) is 33.2 Å². The van der Waals surface area contributed by atoms with Crippen molar-refractivity contribution in [3.8, 4) is 0 Å². The van der Waals surface area contributed by atoms with Gasteiger partial charge in [-0.2, -0.15) is 0 Å². The first-order chi connectivity index (χ1) is 9.74. The van der Waals surface area contributed by atoms with Crippen molar-refractivity contribution in [2.45, 2.75) is 38.3 Å². The highest BCUT2D eigenvalue weighted by Gasteiger charge is 2.56. The Morgan fingerprint density at radius 2 is 2.30 bits per heavy atom. The topological polar surface area (TPSA) is 43.4 Å². The van der Waals surface area contributed by atoms with Crippen LogP contribution in [0.1, 0.15) is 26.2 Å². The maximum atomic E-state index is 5.94. The Kier molecular flexibility index (Phi) is 4.29. The van der Waals surface area contributed by atoms with Crippen LogP contribution in [0.2, 0.25) is 0 Å². The molecular formula is C15H21BrN2O2. The summed E-state index contributed by atoms with van der Waals surface area (Å²) >= 11 is 3.49. The second-order valence-corrected chi connectivity index (χ2v) is 6.50. The van der Waals surface area contributed by atoms with Crippen LogP contribution in [-0.2, 0) is 9.47 Å². The molecule has 1 spiro atoms. The second-order valence-electron chi connectivity index (χ2n) is 5.58. The largest absolute Gasteiger partial charge is 0.381 e. The van der Waals surface area contributed by atoms with Crippen LogP contribution in [0.5, 0.6) is 0 Å². The summed E-state index contributed by atoms with van der Waals surface area (Å²) in [5.41, 5.74) is 0.220. The number of rotatable bonds is 4. The molecule has 5 heteroatoms. The number of nitrogens with zero attached hydrogens (tertiary/aromatic N) is 1. The van der Waals surface area contributed by atoms with E-state index in [1.807, 2.05) is 18.3 Å². The van der Waals surface area contributed by atoms with Gasteiger partial charge in [-0.1, -0.05) is 15.9 Å². The van der Waals surface area contributed by atoms with Gasteiger partial charge >= 0.3 is 0 Å². The minimum Gasteiger partial charge on any atom is -0.381 e. The molecule has 3 rings (SSSR count). The van der Waals surface area contributed by atoms with Crippen LogP contribution in [-0.4, -0.2) is 37.0 Å². The molecule has 20 heavy (non-hydrogen) atoms. The first-order valence-electron chi connectivity index (χ1n) is 7.32. The monoisotopic (exact) mass is 340 g/mol. The average molecular weight is 341 g/mol. The Bertz CT molecular complexity index is 463. The number of hydrogen-bond acceptors (Lipinski definition) is 4. The fraction of sp³-hybridized carbons (Fsp3) is 0.667. The predicted molar refractivity (Wildman–Crippen MR) is 81.9 cm³/mol. The van der Waals surface area contributed by atoms with E-state index in [9.17, 15) is 0 Å². The highest BCUT2D eigenvalue weighted by molar-refractivity contribution is 9.10. The lowest BCUT2D eigenvalue weighted by atomic mass is 9.57. The van der Waals surface area contributed by atoms with E-state index < -0.39 is 0 Å². The molecular weight excluding hydrogens is 320 g/mol. The molecule has 1 aliphatic carbocycles. The number of ether oxygens (including phenoxy) is 2. The van der Waals surface area contributed by atoms with E-state index in [-0.39, 0.29) is 5.41 Å². The van der Waals surface area contributed by atoms with E-state index in [1.165, 1.54) is 0 Å². The molecule has 1 aromatic rings. The summed E-state index contributed by atoms with van der Waals surface area (Å²) in [4.78, 5) is 4.40. The molecule has 2 heterocycles. The van der Waals surface area contributed by atoms with Crippen molar-refractivity contribution in [2.75, 3.05) is 25.1 Å². The zero-order valence-corrected chi connectivity index (χ0v) is 13.4.